The number of hydrogen-bond donors (Lipinski definition) is 3. The van der Waals surface area contributed by atoms with Crippen LogP contribution in [0.15, 0.2) is 47.6 Å². The second-order valence-electron chi connectivity index (χ2n) is 3.75. The molecule has 0 bridgehead atoms. The summed E-state index contributed by atoms with van der Waals surface area (Å²) in [4.78, 5) is 17.2. The predicted molar refractivity (Wildman–Crippen MR) is 78.2 cm³/mol. The highest BCUT2D eigenvalue weighted by atomic mass is 32.2. The quantitative estimate of drug-likeness (QED) is 0.453. The number of benzene rings is 1. The summed E-state index contributed by atoms with van der Waals surface area (Å²) < 4.78 is 0. The van der Waals surface area contributed by atoms with Crippen molar-refractivity contribution in [3.63, 3.8) is 0 Å². The third-order valence-electron chi connectivity index (χ3n) is 2.57. The number of rotatable bonds is 4. The van der Waals surface area contributed by atoms with Crippen molar-refractivity contribution in [3.8, 4) is 0 Å². The molecule has 4 N–H and O–H groups in total. The molecular weight excluding hydrogens is 260 g/mol. The van der Waals surface area contributed by atoms with Gasteiger partial charge in [-0.1, -0.05) is 0 Å². The lowest BCUT2D eigenvalue weighted by Crippen LogP contribution is -2.17. The molecule has 0 atom stereocenters. The number of nitrogens with two attached hydrogens (primary N) is 1. The van der Waals surface area contributed by atoms with Gasteiger partial charge in [0.05, 0.1) is 11.3 Å². The van der Waals surface area contributed by atoms with Crippen LogP contribution >= 0.6 is 11.8 Å². The van der Waals surface area contributed by atoms with Crippen molar-refractivity contribution in [2.45, 2.75) is 4.90 Å². The zero-order chi connectivity index (χ0) is 13.7. The Morgan fingerprint density at radius 2 is 2.00 bits per heavy atom. The van der Waals surface area contributed by atoms with Gasteiger partial charge in [-0.15, -0.1) is 11.8 Å². The molecule has 1 aromatic heterocycles. The highest BCUT2D eigenvalue weighted by Crippen LogP contribution is 2.19. The van der Waals surface area contributed by atoms with E-state index in [0.29, 0.717) is 11.3 Å². The fourth-order valence-corrected chi connectivity index (χ4v) is 1.98. The van der Waals surface area contributed by atoms with Crippen LogP contribution in [-0.4, -0.2) is 17.1 Å². The van der Waals surface area contributed by atoms with E-state index in [1.54, 1.807) is 24.0 Å². The lowest BCUT2D eigenvalue weighted by molar-refractivity contribution is 0.102. The first kappa shape index (κ1) is 13.4. The standard InChI is InChI=1S/C13H14N4OS/c1-19-10-4-2-9(3-5-10)16-13(18)11-8-15-7-6-12(11)17-14/h2-8H,14H2,1H3,(H,15,17)(H,16,18). The average Bonchev–Trinajstić information content (AvgIpc) is 2.48. The molecule has 0 aliphatic carbocycles. The molecule has 0 fully saturated rings. The van der Waals surface area contributed by atoms with Crippen molar-refractivity contribution in [2.75, 3.05) is 17.0 Å². The van der Waals surface area contributed by atoms with Gasteiger partial charge in [-0.05, 0) is 36.6 Å². The highest BCUT2D eigenvalue weighted by molar-refractivity contribution is 7.98. The van der Waals surface area contributed by atoms with Crippen LogP contribution in [0.25, 0.3) is 0 Å². The first-order chi connectivity index (χ1) is 9.24. The van der Waals surface area contributed by atoms with Crippen molar-refractivity contribution in [2.24, 2.45) is 5.84 Å². The van der Waals surface area contributed by atoms with Gasteiger partial charge in [0.2, 0.25) is 0 Å². The van der Waals surface area contributed by atoms with Crippen molar-refractivity contribution < 1.29 is 4.79 Å². The molecule has 1 heterocycles. The number of thioether (sulfide) groups is 1. The molecule has 2 rings (SSSR count). The fourth-order valence-electron chi connectivity index (χ4n) is 1.57. The average molecular weight is 274 g/mol. The number of pyridine rings is 1. The molecule has 1 aromatic carbocycles. The van der Waals surface area contributed by atoms with Gasteiger partial charge < -0.3 is 10.7 Å². The number of aromatic nitrogens is 1. The second kappa shape index (κ2) is 6.21. The van der Waals surface area contributed by atoms with E-state index < -0.39 is 0 Å². The van der Waals surface area contributed by atoms with Gasteiger partial charge in [-0.2, -0.15) is 0 Å². The Bertz CT molecular complexity index is 571. The van der Waals surface area contributed by atoms with E-state index >= 15 is 0 Å². The maximum Gasteiger partial charge on any atom is 0.259 e. The Labute approximate surface area is 115 Å². The van der Waals surface area contributed by atoms with Crippen LogP contribution in [0.1, 0.15) is 10.4 Å². The van der Waals surface area contributed by atoms with E-state index in [1.165, 1.54) is 6.20 Å². The van der Waals surface area contributed by atoms with Crippen molar-refractivity contribution in [3.05, 3.63) is 48.3 Å². The molecule has 0 spiro atoms. The first-order valence-corrected chi connectivity index (χ1v) is 6.83. The van der Waals surface area contributed by atoms with Crippen molar-refractivity contribution in [1.82, 2.24) is 4.98 Å². The third kappa shape index (κ3) is 3.24. The van der Waals surface area contributed by atoms with Gasteiger partial charge in [0.25, 0.3) is 5.91 Å². The van der Waals surface area contributed by atoms with E-state index in [-0.39, 0.29) is 5.91 Å². The normalized spacial score (nSPS) is 10.0. The Hall–Kier alpha value is -2.05. The molecule has 19 heavy (non-hydrogen) atoms. The molecule has 5 nitrogen and oxygen atoms in total. The predicted octanol–water partition coefficient (Wildman–Crippen LogP) is 2.34. The van der Waals surface area contributed by atoms with Gasteiger partial charge in [0.15, 0.2) is 0 Å². The Kier molecular flexibility index (Phi) is 4.38. The smallest absolute Gasteiger partial charge is 0.259 e. The number of anilines is 2. The molecule has 98 valence electrons. The summed E-state index contributed by atoms with van der Waals surface area (Å²) in [6, 6.07) is 9.26. The maximum absolute atomic E-state index is 12.1. The molecule has 2 aromatic rings. The van der Waals surface area contributed by atoms with Crippen LogP contribution in [0.3, 0.4) is 0 Å². The van der Waals surface area contributed by atoms with E-state index in [1.807, 2.05) is 30.5 Å². The number of nitrogens with one attached hydrogen (secondary N) is 2. The van der Waals surface area contributed by atoms with Crippen LogP contribution in [-0.2, 0) is 0 Å². The van der Waals surface area contributed by atoms with Crippen LogP contribution in [0.4, 0.5) is 11.4 Å². The molecule has 0 aliphatic rings. The zero-order valence-corrected chi connectivity index (χ0v) is 11.2. The van der Waals surface area contributed by atoms with Crippen LogP contribution < -0.4 is 16.6 Å². The van der Waals surface area contributed by atoms with Crippen molar-refractivity contribution >= 4 is 29.0 Å². The van der Waals surface area contributed by atoms with E-state index in [4.69, 9.17) is 5.84 Å². The van der Waals surface area contributed by atoms with E-state index in [9.17, 15) is 4.79 Å². The SMILES string of the molecule is CSc1ccc(NC(=O)c2cnccc2NN)cc1. The largest absolute Gasteiger partial charge is 0.323 e. The number of carbonyl (C=O) groups is 1. The fraction of sp³-hybridized carbons (Fsp3) is 0.0769. The topological polar surface area (TPSA) is 80.0 Å². The van der Waals surface area contributed by atoms with E-state index in [2.05, 4.69) is 15.7 Å². The molecular formula is C13H14N4OS. The van der Waals surface area contributed by atoms with Gasteiger partial charge in [-0.3, -0.25) is 15.6 Å². The van der Waals surface area contributed by atoms with Crippen LogP contribution in [0, 0.1) is 0 Å². The number of hydrazine groups is 1. The van der Waals surface area contributed by atoms with Gasteiger partial charge >= 0.3 is 0 Å². The summed E-state index contributed by atoms with van der Waals surface area (Å²) in [5.41, 5.74) is 4.14. The minimum Gasteiger partial charge on any atom is -0.323 e. The summed E-state index contributed by atoms with van der Waals surface area (Å²) in [6.45, 7) is 0. The summed E-state index contributed by atoms with van der Waals surface area (Å²) in [5.74, 6) is 5.11. The lowest BCUT2D eigenvalue weighted by atomic mass is 10.2. The second-order valence-corrected chi connectivity index (χ2v) is 4.63. The zero-order valence-electron chi connectivity index (χ0n) is 10.4. The molecule has 6 heteroatoms. The minimum absolute atomic E-state index is 0.252. The van der Waals surface area contributed by atoms with Crippen molar-refractivity contribution in [1.29, 1.82) is 0 Å². The van der Waals surface area contributed by atoms with Crippen LogP contribution in [0.2, 0.25) is 0 Å². The summed E-state index contributed by atoms with van der Waals surface area (Å²) >= 11 is 1.65. The van der Waals surface area contributed by atoms with Gasteiger partial charge in [0, 0.05) is 23.0 Å². The Balaban J connectivity index is 2.16. The third-order valence-corrected chi connectivity index (χ3v) is 3.31. The van der Waals surface area contributed by atoms with Gasteiger partial charge in [-0.25, -0.2) is 0 Å². The number of hydrogen-bond acceptors (Lipinski definition) is 5. The molecule has 0 unspecified atom stereocenters. The number of amides is 1. The number of carbonyl (C=O) groups excluding carboxylic acids is 1. The molecule has 0 aliphatic heterocycles. The Morgan fingerprint density at radius 3 is 2.63 bits per heavy atom. The van der Waals surface area contributed by atoms with Crippen LogP contribution in [0.5, 0.6) is 0 Å². The monoisotopic (exact) mass is 274 g/mol. The maximum atomic E-state index is 12.1. The lowest BCUT2D eigenvalue weighted by Gasteiger charge is -2.09. The minimum atomic E-state index is -0.252. The van der Waals surface area contributed by atoms with Gasteiger partial charge in [0.1, 0.15) is 0 Å². The molecule has 0 saturated heterocycles. The molecule has 0 saturated carbocycles. The Morgan fingerprint density at radius 1 is 1.26 bits per heavy atom. The van der Waals surface area contributed by atoms with E-state index in [0.717, 1.165) is 10.6 Å². The summed E-state index contributed by atoms with van der Waals surface area (Å²) in [7, 11) is 0. The number of nitrogens with zero attached hydrogens (tertiary/aromatic N) is 1. The first-order valence-electron chi connectivity index (χ1n) is 5.60. The summed E-state index contributed by atoms with van der Waals surface area (Å²) in [5, 5.41) is 2.80. The molecule has 1 amide bonds. The molecule has 0 radical (unpaired) electrons. The highest BCUT2D eigenvalue weighted by Gasteiger charge is 2.10. The summed E-state index contributed by atoms with van der Waals surface area (Å²) in [6.07, 6.45) is 5.04. The number of nitrogen functional groups attached to an aromatic ring is 1.